The molecule has 0 spiro atoms. The first kappa shape index (κ1) is 20.2. The van der Waals surface area contributed by atoms with Crippen LogP contribution in [-0.2, 0) is 9.53 Å². The highest BCUT2D eigenvalue weighted by Crippen LogP contribution is 2.37. The van der Waals surface area contributed by atoms with Crippen molar-refractivity contribution in [2.45, 2.75) is 32.1 Å². The Labute approximate surface area is 174 Å². The third-order valence-corrected chi connectivity index (χ3v) is 5.68. The zero-order valence-electron chi connectivity index (χ0n) is 17.0. The summed E-state index contributed by atoms with van der Waals surface area (Å²) in [6, 6.07) is 14.1. The molecule has 1 N–H and O–H groups in total. The number of imide groups is 1. The Kier molecular flexibility index (Phi) is 5.36. The van der Waals surface area contributed by atoms with Crippen molar-refractivity contribution in [3.63, 3.8) is 0 Å². The molecule has 1 fully saturated rings. The van der Waals surface area contributed by atoms with E-state index in [4.69, 9.17) is 14.2 Å². The molecule has 2 aliphatic heterocycles. The van der Waals surface area contributed by atoms with E-state index in [0.29, 0.717) is 17.1 Å². The molecule has 1 saturated heterocycles. The Morgan fingerprint density at radius 3 is 2.57 bits per heavy atom. The monoisotopic (exact) mass is 412 g/mol. The van der Waals surface area contributed by atoms with E-state index in [-0.39, 0.29) is 12.8 Å². The lowest BCUT2D eigenvalue weighted by Gasteiger charge is -2.43. The summed E-state index contributed by atoms with van der Waals surface area (Å²) in [7, 11) is 1.67. The SMILES string of the molecule is C[C@H](C(=O)N1C(=O)O[C@H](c2ccccc2)[C@H](C)N1C)[C@H](O)c1ccc2c(c1)OCO2. The molecule has 30 heavy (non-hydrogen) atoms. The lowest BCUT2D eigenvalue weighted by atomic mass is 9.96. The zero-order valence-corrected chi connectivity index (χ0v) is 17.0. The Hall–Kier alpha value is -3.10. The Balaban J connectivity index is 1.51. The lowest BCUT2D eigenvalue weighted by molar-refractivity contribution is -0.169. The lowest BCUT2D eigenvalue weighted by Crippen LogP contribution is -2.59. The summed E-state index contributed by atoms with van der Waals surface area (Å²) >= 11 is 0. The summed E-state index contributed by atoms with van der Waals surface area (Å²) in [5, 5.41) is 13.3. The number of aliphatic hydroxyl groups excluding tert-OH is 1. The summed E-state index contributed by atoms with van der Waals surface area (Å²) in [4.78, 5) is 25.8. The van der Waals surface area contributed by atoms with E-state index in [1.165, 1.54) is 0 Å². The molecule has 4 atom stereocenters. The van der Waals surface area contributed by atoms with Gasteiger partial charge in [-0.05, 0) is 30.2 Å². The van der Waals surface area contributed by atoms with Crippen LogP contribution < -0.4 is 9.47 Å². The van der Waals surface area contributed by atoms with Gasteiger partial charge in [0.15, 0.2) is 11.5 Å². The van der Waals surface area contributed by atoms with Gasteiger partial charge in [-0.15, -0.1) is 0 Å². The van der Waals surface area contributed by atoms with Crippen LogP contribution >= 0.6 is 0 Å². The highest BCUT2D eigenvalue weighted by Gasteiger charge is 2.44. The summed E-state index contributed by atoms with van der Waals surface area (Å²) in [6.07, 6.45) is -2.39. The second kappa shape index (κ2) is 7.97. The van der Waals surface area contributed by atoms with Crippen LogP contribution in [0.15, 0.2) is 48.5 Å². The minimum Gasteiger partial charge on any atom is -0.454 e. The van der Waals surface area contributed by atoms with E-state index in [9.17, 15) is 14.7 Å². The van der Waals surface area contributed by atoms with Gasteiger partial charge in [0.05, 0.1) is 18.1 Å². The maximum Gasteiger partial charge on any atom is 0.432 e. The van der Waals surface area contributed by atoms with Gasteiger partial charge in [0.2, 0.25) is 6.79 Å². The molecule has 0 bridgehead atoms. The van der Waals surface area contributed by atoms with Crippen molar-refractivity contribution in [2.24, 2.45) is 5.92 Å². The molecule has 158 valence electrons. The molecule has 0 aliphatic carbocycles. The van der Waals surface area contributed by atoms with Crippen LogP contribution in [0.25, 0.3) is 0 Å². The number of hydrazine groups is 1. The van der Waals surface area contributed by atoms with Gasteiger partial charge >= 0.3 is 6.09 Å². The van der Waals surface area contributed by atoms with E-state index in [2.05, 4.69) is 0 Å². The smallest absolute Gasteiger partial charge is 0.432 e. The number of hydrogen-bond donors (Lipinski definition) is 1. The number of fused-ring (bicyclic) bond motifs is 1. The van der Waals surface area contributed by atoms with Crippen LogP contribution in [0.1, 0.15) is 37.2 Å². The number of carbonyl (C=O) groups excluding carboxylic acids is 2. The fourth-order valence-corrected chi connectivity index (χ4v) is 3.71. The van der Waals surface area contributed by atoms with Gasteiger partial charge in [0, 0.05) is 7.05 Å². The second-order valence-corrected chi connectivity index (χ2v) is 7.53. The van der Waals surface area contributed by atoms with Gasteiger partial charge < -0.3 is 19.3 Å². The number of nitrogens with zero attached hydrogens (tertiary/aromatic N) is 2. The van der Waals surface area contributed by atoms with Crippen molar-refractivity contribution in [3.05, 3.63) is 59.7 Å². The number of carbonyl (C=O) groups is 2. The first-order chi connectivity index (χ1) is 14.4. The molecule has 2 aliphatic rings. The summed E-state index contributed by atoms with van der Waals surface area (Å²) in [5.41, 5.74) is 1.36. The molecule has 8 nitrogen and oxygen atoms in total. The zero-order chi connectivity index (χ0) is 21.4. The van der Waals surface area contributed by atoms with Crippen molar-refractivity contribution in [1.82, 2.24) is 10.0 Å². The number of benzene rings is 2. The molecular weight excluding hydrogens is 388 g/mol. The predicted octanol–water partition coefficient (Wildman–Crippen LogP) is 3.04. The van der Waals surface area contributed by atoms with Crippen molar-refractivity contribution in [3.8, 4) is 11.5 Å². The molecule has 2 aromatic rings. The fourth-order valence-electron chi connectivity index (χ4n) is 3.71. The predicted molar refractivity (Wildman–Crippen MR) is 106 cm³/mol. The number of ether oxygens (including phenoxy) is 3. The molecule has 0 aromatic heterocycles. The summed E-state index contributed by atoms with van der Waals surface area (Å²) < 4.78 is 16.2. The third kappa shape index (κ3) is 3.48. The first-order valence-electron chi connectivity index (χ1n) is 9.78. The first-order valence-corrected chi connectivity index (χ1v) is 9.78. The maximum absolute atomic E-state index is 13.1. The van der Waals surface area contributed by atoms with Crippen LogP contribution in [-0.4, -0.2) is 47.0 Å². The molecule has 2 heterocycles. The molecule has 2 aromatic carbocycles. The molecule has 2 amide bonds. The minimum absolute atomic E-state index is 0.119. The van der Waals surface area contributed by atoms with Crippen LogP contribution in [0.2, 0.25) is 0 Å². The van der Waals surface area contributed by atoms with Gasteiger partial charge in [-0.3, -0.25) is 4.79 Å². The van der Waals surface area contributed by atoms with Crippen molar-refractivity contribution in [2.75, 3.05) is 13.8 Å². The van der Waals surface area contributed by atoms with Gasteiger partial charge in [-0.2, -0.15) is 5.01 Å². The van der Waals surface area contributed by atoms with Crippen molar-refractivity contribution in [1.29, 1.82) is 0 Å². The van der Waals surface area contributed by atoms with E-state index in [1.807, 2.05) is 37.3 Å². The van der Waals surface area contributed by atoms with Gasteiger partial charge in [0.1, 0.15) is 6.10 Å². The van der Waals surface area contributed by atoms with Crippen molar-refractivity contribution >= 4 is 12.0 Å². The second-order valence-electron chi connectivity index (χ2n) is 7.53. The van der Waals surface area contributed by atoms with Gasteiger partial charge in [0.25, 0.3) is 5.91 Å². The Morgan fingerprint density at radius 1 is 1.13 bits per heavy atom. The Bertz CT molecular complexity index is 950. The average molecular weight is 412 g/mol. The number of likely N-dealkylation sites (N-methyl/N-ethyl adjacent to an activating group) is 1. The number of cyclic esters (lactones) is 1. The van der Waals surface area contributed by atoms with Crippen LogP contribution in [0.4, 0.5) is 4.79 Å². The van der Waals surface area contributed by atoms with Gasteiger partial charge in [-0.1, -0.05) is 43.3 Å². The van der Waals surface area contributed by atoms with Crippen LogP contribution in [0.5, 0.6) is 11.5 Å². The highest BCUT2D eigenvalue weighted by atomic mass is 16.7. The molecular formula is C22H24N2O6. The topological polar surface area (TPSA) is 88.5 Å². The van der Waals surface area contributed by atoms with E-state index in [0.717, 1.165) is 10.6 Å². The molecule has 0 radical (unpaired) electrons. The van der Waals surface area contributed by atoms with Crippen LogP contribution in [0, 0.1) is 5.92 Å². The van der Waals surface area contributed by atoms with Crippen LogP contribution in [0.3, 0.4) is 0 Å². The number of rotatable bonds is 4. The number of aliphatic hydroxyl groups is 1. The van der Waals surface area contributed by atoms with E-state index >= 15 is 0 Å². The largest absolute Gasteiger partial charge is 0.454 e. The van der Waals surface area contributed by atoms with E-state index < -0.39 is 30.1 Å². The number of hydrogen-bond acceptors (Lipinski definition) is 7. The fraction of sp³-hybridized carbons (Fsp3) is 0.364. The maximum atomic E-state index is 13.1. The molecule has 0 unspecified atom stereocenters. The van der Waals surface area contributed by atoms with Gasteiger partial charge in [-0.25, -0.2) is 9.80 Å². The highest BCUT2D eigenvalue weighted by molar-refractivity contribution is 5.93. The average Bonchev–Trinajstić information content (AvgIpc) is 3.23. The van der Waals surface area contributed by atoms with E-state index in [1.54, 1.807) is 37.2 Å². The summed E-state index contributed by atoms with van der Waals surface area (Å²) in [5.74, 6) is -0.336. The molecule has 0 saturated carbocycles. The number of amides is 2. The molecule has 4 rings (SSSR count). The molecule has 8 heteroatoms. The van der Waals surface area contributed by atoms with Crippen molar-refractivity contribution < 1.29 is 28.9 Å². The minimum atomic E-state index is -1.13. The Morgan fingerprint density at radius 2 is 1.83 bits per heavy atom. The standard InChI is InChI=1S/C22H24N2O6/c1-13(19(25)16-9-10-17-18(11-16)29-12-28-17)21(26)24-22(27)30-20(14(2)23(24)3)15-7-5-4-6-8-15/h4-11,13-14,19-20,25H,12H2,1-3H3/t13-,14-,19-,20-/m0/s1. The third-order valence-electron chi connectivity index (χ3n) is 5.68. The normalized spacial score (nSPS) is 23.1. The quantitative estimate of drug-likeness (QED) is 0.826. The summed E-state index contributed by atoms with van der Waals surface area (Å²) in [6.45, 7) is 3.57.